The Balaban J connectivity index is 1.60. The molecule has 0 amide bonds. The highest BCUT2D eigenvalue weighted by atomic mass is 32.2. The molecule has 2 fully saturated rings. The van der Waals surface area contributed by atoms with E-state index < -0.39 is 33.7 Å². The zero-order valence-electron chi connectivity index (χ0n) is 19.5. The Kier molecular flexibility index (Phi) is 6.80. The molecule has 1 spiro atoms. The highest BCUT2D eigenvalue weighted by molar-refractivity contribution is 7.87. The number of H-pyrrole nitrogens is 1. The van der Waals surface area contributed by atoms with Crippen molar-refractivity contribution in [1.82, 2.24) is 19.2 Å². The van der Waals surface area contributed by atoms with E-state index in [4.69, 9.17) is 4.42 Å². The summed E-state index contributed by atoms with van der Waals surface area (Å²) in [6.45, 7) is 6.26. The van der Waals surface area contributed by atoms with Gasteiger partial charge < -0.3 is 4.42 Å². The van der Waals surface area contributed by atoms with Crippen molar-refractivity contribution in [2.24, 2.45) is 5.41 Å². The molecule has 0 bridgehead atoms. The van der Waals surface area contributed by atoms with Crippen molar-refractivity contribution in [1.29, 1.82) is 0 Å². The molecular formula is C23H33FN4O4S. The maximum absolute atomic E-state index is 14.8. The molecule has 0 radical (unpaired) electrons. The first kappa shape index (κ1) is 24.1. The van der Waals surface area contributed by atoms with Crippen LogP contribution in [0.5, 0.6) is 0 Å². The summed E-state index contributed by atoms with van der Waals surface area (Å²) in [5, 5.41) is 6.06. The lowest BCUT2D eigenvalue weighted by Crippen LogP contribution is -2.49. The Morgan fingerprint density at radius 3 is 2.42 bits per heavy atom. The number of aromatic amines is 1. The van der Waals surface area contributed by atoms with Gasteiger partial charge in [-0.3, -0.25) is 0 Å². The fourth-order valence-electron chi connectivity index (χ4n) is 5.51. The van der Waals surface area contributed by atoms with Gasteiger partial charge in [-0.1, -0.05) is 32.3 Å². The van der Waals surface area contributed by atoms with Crippen molar-refractivity contribution < 1.29 is 17.2 Å². The van der Waals surface area contributed by atoms with Gasteiger partial charge in [0.25, 0.3) is 10.2 Å². The second-order valence-electron chi connectivity index (χ2n) is 9.70. The molecule has 1 saturated heterocycles. The van der Waals surface area contributed by atoms with E-state index in [1.165, 1.54) is 29.6 Å². The normalized spacial score (nSPS) is 21.2. The van der Waals surface area contributed by atoms with Crippen LogP contribution in [0.4, 0.5) is 4.39 Å². The second kappa shape index (κ2) is 9.31. The molecule has 182 valence electrons. The lowest BCUT2D eigenvalue weighted by Gasteiger charge is -2.44. The topological polar surface area (TPSA) is 108 Å². The predicted octanol–water partition coefficient (Wildman–Crippen LogP) is 3.84. The zero-order chi connectivity index (χ0) is 23.8. The summed E-state index contributed by atoms with van der Waals surface area (Å²) in [6.07, 6.45) is 7.70. The third kappa shape index (κ3) is 4.93. The number of hydrogen-bond acceptors (Lipinski definition) is 5. The quantitative estimate of drug-likeness (QED) is 0.653. The molecule has 33 heavy (non-hydrogen) atoms. The molecule has 2 aliphatic rings. The highest BCUT2D eigenvalue weighted by Gasteiger charge is 2.40. The molecule has 1 aliphatic carbocycles. The molecule has 1 aromatic carbocycles. The highest BCUT2D eigenvalue weighted by Crippen LogP contribution is 2.45. The van der Waals surface area contributed by atoms with Gasteiger partial charge in [0.15, 0.2) is 0 Å². The first-order valence-electron chi connectivity index (χ1n) is 11.7. The van der Waals surface area contributed by atoms with E-state index in [9.17, 15) is 17.6 Å². The van der Waals surface area contributed by atoms with Crippen LogP contribution in [0.2, 0.25) is 0 Å². The van der Waals surface area contributed by atoms with Crippen LogP contribution in [0, 0.1) is 25.1 Å². The SMILES string of the molecule is Cc1ccc(F)c([C@@H](C)[C@H](NS(=O)(=O)N2CCC3(CCCCC3)CC2)c2n[nH]c(=O)o2)c1C. The maximum atomic E-state index is 14.8. The Morgan fingerprint density at radius 1 is 1.15 bits per heavy atom. The molecule has 10 heteroatoms. The molecule has 2 atom stereocenters. The zero-order valence-corrected chi connectivity index (χ0v) is 20.3. The summed E-state index contributed by atoms with van der Waals surface area (Å²) in [5.41, 5.74) is 2.24. The van der Waals surface area contributed by atoms with Crippen LogP contribution in [0.15, 0.2) is 21.3 Å². The van der Waals surface area contributed by atoms with Gasteiger partial charge in [0.1, 0.15) is 11.9 Å². The smallest absolute Gasteiger partial charge is 0.391 e. The van der Waals surface area contributed by atoms with Gasteiger partial charge in [-0.25, -0.2) is 14.3 Å². The number of halogens is 1. The molecule has 1 aliphatic heterocycles. The summed E-state index contributed by atoms with van der Waals surface area (Å²) >= 11 is 0. The average molecular weight is 481 g/mol. The van der Waals surface area contributed by atoms with Crippen molar-refractivity contribution in [3.8, 4) is 0 Å². The van der Waals surface area contributed by atoms with Gasteiger partial charge in [-0.2, -0.15) is 17.4 Å². The summed E-state index contributed by atoms with van der Waals surface area (Å²) in [6, 6.07) is 2.01. The summed E-state index contributed by atoms with van der Waals surface area (Å²) < 4.78 is 50.9. The third-order valence-electron chi connectivity index (χ3n) is 7.72. The molecule has 4 rings (SSSR count). The fourth-order valence-corrected chi connectivity index (χ4v) is 6.95. The minimum Gasteiger partial charge on any atom is -0.391 e. The first-order chi connectivity index (χ1) is 15.6. The Morgan fingerprint density at radius 2 is 1.82 bits per heavy atom. The van der Waals surface area contributed by atoms with Crippen molar-refractivity contribution in [3.63, 3.8) is 0 Å². The number of nitrogens with zero attached hydrogens (tertiary/aromatic N) is 2. The van der Waals surface area contributed by atoms with Crippen LogP contribution in [0.25, 0.3) is 0 Å². The van der Waals surface area contributed by atoms with Crippen molar-refractivity contribution in [2.75, 3.05) is 13.1 Å². The molecule has 1 saturated carbocycles. The van der Waals surface area contributed by atoms with E-state index in [2.05, 4.69) is 14.9 Å². The number of aromatic nitrogens is 2. The van der Waals surface area contributed by atoms with E-state index in [-0.39, 0.29) is 11.3 Å². The maximum Gasteiger partial charge on any atom is 0.434 e. The minimum absolute atomic E-state index is 0.114. The van der Waals surface area contributed by atoms with Crippen molar-refractivity contribution in [2.45, 2.75) is 77.7 Å². The standard InChI is InChI=1S/C23H33FN4O4S/c1-15-7-8-18(24)19(16(15)2)17(3)20(21-25-26-22(29)32-21)27-33(30,31)28-13-11-23(12-14-28)9-5-4-6-10-23/h7-8,17,20,27H,4-6,9-14H2,1-3H3,(H,26,29)/t17-,20+/m1/s1. The monoisotopic (exact) mass is 480 g/mol. The number of nitrogens with one attached hydrogen (secondary N) is 2. The van der Waals surface area contributed by atoms with Crippen LogP contribution < -0.4 is 10.5 Å². The second-order valence-corrected chi connectivity index (χ2v) is 11.4. The Bertz CT molecular complexity index is 1140. The van der Waals surface area contributed by atoms with E-state index in [0.717, 1.165) is 36.8 Å². The molecule has 2 aromatic rings. The molecule has 2 heterocycles. The van der Waals surface area contributed by atoms with Gasteiger partial charge in [0.05, 0.1) is 0 Å². The number of piperidine rings is 1. The van der Waals surface area contributed by atoms with E-state index in [1.807, 2.05) is 6.92 Å². The number of benzene rings is 1. The van der Waals surface area contributed by atoms with Gasteiger partial charge in [-0.15, -0.1) is 5.10 Å². The summed E-state index contributed by atoms with van der Waals surface area (Å²) in [7, 11) is -3.92. The number of aryl methyl sites for hydroxylation is 1. The number of hydrogen-bond donors (Lipinski definition) is 2. The van der Waals surface area contributed by atoms with E-state index in [0.29, 0.717) is 18.7 Å². The lowest BCUT2D eigenvalue weighted by atomic mass is 9.68. The van der Waals surface area contributed by atoms with Crippen LogP contribution >= 0.6 is 0 Å². The van der Waals surface area contributed by atoms with Gasteiger partial charge in [0, 0.05) is 19.0 Å². The van der Waals surface area contributed by atoms with Gasteiger partial charge in [-0.05, 0) is 67.7 Å². The third-order valence-corrected chi connectivity index (χ3v) is 9.32. The Hall–Kier alpha value is -2.04. The van der Waals surface area contributed by atoms with Crippen LogP contribution in [0.3, 0.4) is 0 Å². The van der Waals surface area contributed by atoms with Crippen LogP contribution in [0.1, 0.15) is 86.4 Å². The summed E-state index contributed by atoms with van der Waals surface area (Å²) in [5.74, 6) is -2.01. The largest absolute Gasteiger partial charge is 0.434 e. The minimum atomic E-state index is -3.92. The molecule has 2 N–H and O–H groups in total. The van der Waals surface area contributed by atoms with Gasteiger partial charge >= 0.3 is 5.76 Å². The van der Waals surface area contributed by atoms with Crippen LogP contribution in [-0.2, 0) is 10.2 Å². The molecular weight excluding hydrogens is 447 g/mol. The van der Waals surface area contributed by atoms with Crippen molar-refractivity contribution in [3.05, 3.63) is 51.1 Å². The average Bonchev–Trinajstić information content (AvgIpc) is 3.22. The summed E-state index contributed by atoms with van der Waals surface area (Å²) in [4.78, 5) is 11.6. The molecule has 8 nitrogen and oxygen atoms in total. The van der Waals surface area contributed by atoms with E-state index >= 15 is 0 Å². The first-order valence-corrected chi connectivity index (χ1v) is 13.1. The number of rotatable bonds is 6. The predicted molar refractivity (Wildman–Crippen MR) is 123 cm³/mol. The van der Waals surface area contributed by atoms with Crippen LogP contribution in [-0.4, -0.2) is 36.0 Å². The van der Waals surface area contributed by atoms with Gasteiger partial charge in [0.2, 0.25) is 5.89 Å². The lowest BCUT2D eigenvalue weighted by molar-refractivity contribution is 0.101. The van der Waals surface area contributed by atoms with E-state index in [1.54, 1.807) is 19.9 Å². The molecule has 1 aromatic heterocycles. The Labute approximate surface area is 194 Å². The van der Waals surface area contributed by atoms with Crippen molar-refractivity contribution >= 4 is 10.2 Å². The molecule has 0 unspecified atom stereocenters. The fraction of sp³-hybridized carbons (Fsp3) is 0.652.